The zero-order valence-electron chi connectivity index (χ0n) is 10.2. The molecular formula is C14H17ClN2. The number of aromatic amines is 1. The van der Waals surface area contributed by atoms with Crippen molar-refractivity contribution in [1.82, 2.24) is 10.3 Å². The van der Waals surface area contributed by atoms with Crippen LogP contribution in [0.1, 0.15) is 19.5 Å². The fourth-order valence-electron chi connectivity index (χ4n) is 1.76. The average molecular weight is 249 g/mol. The van der Waals surface area contributed by atoms with Crippen molar-refractivity contribution in [2.24, 2.45) is 0 Å². The van der Waals surface area contributed by atoms with E-state index in [2.05, 4.69) is 30.2 Å². The maximum atomic E-state index is 6.31. The molecule has 90 valence electrons. The third-order valence-corrected chi connectivity index (χ3v) is 3.10. The molecule has 1 aromatic carbocycles. The topological polar surface area (TPSA) is 27.8 Å². The quantitative estimate of drug-likeness (QED) is 0.624. The maximum absolute atomic E-state index is 6.31. The minimum absolute atomic E-state index is 0.761. The van der Waals surface area contributed by atoms with Gasteiger partial charge in [0, 0.05) is 29.7 Å². The number of benzene rings is 1. The second-order valence-electron chi connectivity index (χ2n) is 4.38. The number of aromatic nitrogens is 1. The molecule has 0 radical (unpaired) electrons. The van der Waals surface area contributed by atoms with Gasteiger partial charge in [-0.1, -0.05) is 41.4 Å². The molecule has 0 amide bonds. The number of hydrogen-bond donors (Lipinski definition) is 2. The molecule has 1 aromatic heterocycles. The van der Waals surface area contributed by atoms with Gasteiger partial charge in [0.1, 0.15) is 0 Å². The standard InChI is InChI=1S/C14H17ClN2/c1-10(2)7-8-16-9-13-14(15)11-5-3-4-6-12(11)17-13/h3-7,16-17H,8-9H2,1-2H3. The van der Waals surface area contributed by atoms with Gasteiger partial charge in [-0.3, -0.25) is 0 Å². The first-order valence-corrected chi connectivity index (χ1v) is 6.15. The predicted molar refractivity (Wildman–Crippen MR) is 74.4 cm³/mol. The summed E-state index contributed by atoms with van der Waals surface area (Å²) >= 11 is 6.31. The molecule has 0 aliphatic carbocycles. The van der Waals surface area contributed by atoms with Gasteiger partial charge < -0.3 is 10.3 Å². The predicted octanol–water partition coefficient (Wildman–Crippen LogP) is 3.88. The number of para-hydroxylation sites is 1. The summed E-state index contributed by atoms with van der Waals surface area (Å²) in [6.07, 6.45) is 2.16. The Balaban J connectivity index is 2.09. The number of allylic oxidation sites excluding steroid dienone is 1. The van der Waals surface area contributed by atoms with Gasteiger partial charge in [-0.15, -0.1) is 0 Å². The Morgan fingerprint density at radius 1 is 1.35 bits per heavy atom. The average Bonchev–Trinajstić information content (AvgIpc) is 2.63. The summed E-state index contributed by atoms with van der Waals surface area (Å²) in [5.74, 6) is 0. The summed E-state index contributed by atoms with van der Waals surface area (Å²) < 4.78 is 0. The lowest BCUT2D eigenvalue weighted by molar-refractivity contribution is 0.744. The van der Waals surface area contributed by atoms with E-state index in [-0.39, 0.29) is 0 Å². The number of fused-ring (bicyclic) bond motifs is 1. The molecule has 2 N–H and O–H groups in total. The summed E-state index contributed by atoms with van der Waals surface area (Å²) in [7, 11) is 0. The van der Waals surface area contributed by atoms with Crippen molar-refractivity contribution in [2.75, 3.05) is 6.54 Å². The van der Waals surface area contributed by atoms with Gasteiger partial charge in [-0.2, -0.15) is 0 Å². The van der Waals surface area contributed by atoms with Gasteiger partial charge in [-0.05, 0) is 19.9 Å². The first-order valence-electron chi connectivity index (χ1n) is 5.77. The third-order valence-electron chi connectivity index (χ3n) is 2.67. The highest BCUT2D eigenvalue weighted by Crippen LogP contribution is 2.26. The first kappa shape index (κ1) is 12.2. The lowest BCUT2D eigenvalue weighted by Gasteiger charge is -2.00. The first-order chi connectivity index (χ1) is 8.18. The van der Waals surface area contributed by atoms with Crippen molar-refractivity contribution in [2.45, 2.75) is 20.4 Å². The van der Waals surface area contributed by atoms with Gasteiger partial charge >= 0.3 is 0 Å². The van der Waals surface area contributed by atoms with E-state index in [4.69, 9.17) is 11.6 Å². The molecule has 0 aliphatic heterocycles. The van der Waals surface area contributed by atoms with Gasteiger partial charge in [-0.25, -0.2) is 0 Å². The molecule has 1 heterocycles. The smallest absolute Gasteiger partial charge is 0.0705 e. The van der Waals surface area contributed by atoms with Gasteiger partial charge in [0.15, 0.2) is 0 Å². The van der Waals surface area contributed by atoms with E-state index in [1.165, 1.54) is 5.57 Å². The van der Waals surface area contributed by atoms with Crippen LogP contribution < -0.4 is 5.32 Å². The van der Waals surface area contributed by atoms with Crippen molar-refractivity contribution >= 4 is 22.5 Å². The summed E-state index contributed by atoms with van der Waals surface area (Å²) in [4.78, 5) is 3.34. The van der Waals surface area contributed by atoms with E-state index in [0.717, 1.165) is 34.7 Å². The molecule has 0 unspecified atom stereocenters. The third kappa shape index (κ3) is 2.90. The molecule has 2 aromatic rings. The molecule has 0 bridgehead atoms. The molecule has 2 nitrogen and oxygen atoms in total. The molecule has 3 heteroatoms. The van der Waals surface area contributed by atoms with Crippen molar-refractivity contribution in [1.29, 1.82) is 0 Å². The lowest BCUT2D eigenvalue weighted by atomic mass is 10.2. The van der Waals surface area contributed by atoms with Crippen LogP contribution in [0.4, 0.5) is 0 Å². The summed E-state index contributed by atoms with van der Waals surface area (Å²) in [5, 5.41) is 5.26. The van der Waals surface area contributed by atoms with E-state index in [0.29, 0.717) is 0 Å². The van der Waals surface area contributed by atoms with Crippen molar-refractivity contribution in [3.8, 4) is 0 Å². The van der Waals surface area contributed by atoms with Crippen molar-refractivity contribution in [3.05, 3.63) is 46.6 Å². The zero-order chi connectivity index (χ0) is 12.3. The SMILES string of the molecule is CC(C)=CCNCc1[nH]c2ccccc2c1Cl. The highest BCUT2D eigenvalue weighted by Gasteiger charge is 2.07. The number of hydrogen-bond acceptors (Lipinski definition) is 1. The van der Waals surface area contributed by atoms with Gasteiger partial charge in [0.05, 0.1) is 5.02 Å². The fraction of sp³-hybridized carbons (Fsp3) is 0.286. The van der Waals surface area contributed by atoms with Crippen LogP contribution in [0.5, 0.6) is 0 Å². The van der Waals surface area contributed by atoms with Crippen molar-refractivity contribution < 1.29 is 0 Å². The Morgan fingerprint density at radius 3 is 2.82 bits per heavy atom. The molecule has 0 saturated carbocycles. The van der Waals surface area contributed by atoms with Crippen LogP contribution in [-0.4, -0.2) is 11.5 Å². The van der Waals surface area contributed by atoms with E-state index in [1.807, 2.05) is 24.3 Å². The summed E-state index contributed by atoms with van der Waals surface area (Å²) in [5.41, 5.74) is 3.46. The number of rotatable bonds is 4. The molecule has 0 spiro atoms. The van der Waals surface area contributed by atoms with E-state index in [1.54, 1.807) is 0 Å². The fourth-order valence-corrected chi connectivity index (χ4v) is 2.04. The molecule has 17 heavy (non-hydrogen) atoms. The van der Waals surface area contributed by atoms with Crippen LogP contribution in [-0.2, 0) is 6.54 Å². The number of nitrogens with one attached hydrogen (secondary N) is 2. The second kappa shape index (κ2) is 5.39. The van der Waals surface area contributed by atoms with Gasteiger partial charge in [0.25, 0.3) is 0 Å². The van der Waals surface area contributed by atoms with Crippen LogP contribution in [0.3, 0.4) is 0 Å². The molecule has 0 aliphatic rings. The highest BCUT2D eigenvalue weighted by molar-refractivity contribution is 6.36. The Bertz CT molecular complexity index is 536. The van der Waals surface area contributed by atoms with Crippen LogP contribution in [0.2, 0.25) is 5.02 Å². The number of H-pyrrole nitrogens is 1. The molecule has 0 saturated heterocycles. The zero-order valence-corrected chi connectivity index (χ0v) is 10.9. The Kier molecular flexibility index (Phi) is 3.87. The lowest BCUT2D eigenvalue weighted by Crippen LogP contribution is -2.13. The number of halogens is 1. The van der Waals surface area contributed by atoms with E-state index >= 15 is 0 Å². The Labute approximate surface area is 107 Å². The summed E-state index contributed by atoms with van der Waals surface area (Å²) in [6, 6.07) is 8.09. The Hall–Kier alpha value is -1.25. The van der Waals surface area contributed by atoms with Crippen LogP contribution >= 0.6 is 11.6 Å². The normalized spacial score (nSPS) is 10.8. The largest absolute Gasteiger partial charge is 0.356 e. The monoisotopic (exact) mass is 248 g/mol. The van der Waals surface area contributed by atoms with E-state index in [9.17, 15) is 0 Å². The van der Waals surface area contributed by atoms with E-state index < -0.39 is 0 Å². The molecule has 0 atom stereocenters. The highest BCUT2D eigenvalue weighted by atomic mass is 35.5. The maximum Gasteiger partial charge on any atom is 0.0705 e. The van der Waals surface area contributed by atoms with Gasteiger partial charge in [0.2, 0.25) is 0 Å². The minimum Gasteiger partial charge on any atom is -0.356 e. The molecule has 2 rings (SSSR count). The van der Waals surface area contributed by atoms with Crippen LogP contribution in [0, 0.1) is 0 Å². The second-order valence-corrected chi connectivity index (χ2v) is 4.75. The minimum atomic E-state index is 0.761. The van der Waals surface area contributed by atoms with Crippen LogP contribution in [0.25, 0.3) is 10.9 Å². The summed E-state index contributed by atoms with van der Waals surface area (Å²) in [6.45, 7) is 5.82. The van der Waals surface area contributed by atoms with Crippen molar-refractivity contribution in [3.63, 3.8) is 0 Å². The van der Waals surface area contributed by atoms with Crippen LogP contribution in [0.15, 0.2) is 35.9 Å². The molecule has 0 fully saturated rings. The Morgan fingerprint density at radius 2 is 2.12 bits per heavy atom. The molecular weight excluding hydrogens is 232 g/mol.